The number of halogens is 4. The summed E-state index contributed by atoms with van der Waals surface area (Å²) in [6, 6.07) is 28.5. The molecule has 0 bridgehead atoms. The lowest BCUT2D eigenvalue weighted by molar-refractivity contribution is 0.109. The summed E-state index contributed by atoms with van der Waals surface area (Å²) < 4.78 is 2.25. The topological polar surface area (TPSA) is 24.3 Å². The molecular weight excluding hydrogens is 546 g/mol. The molecule has 0 spiro atoms. The fourth-order valence-electron chi connectivity index (χ4n) is 5.28. The zero-order valence-corrected chi connectivity index (χ0v) is 24.5. The first-order chi connectivity index (χ1) is 16.6. The maximum absolute atomic E-state index is 6.92. The number of imidazole rings is 1. The number of hydrogen-bond acceptors (Lipinski definition) is 3. The number of hydrogen-bond donors (Lipinski definition) is 0. The Morgan fingerprint density at radius 2 is 1.35 bits per heavy atom. The largest absolute Gasteiger partial charge is 0.329 e. The molecule has 0 saturated carbocycles. The lowest BCUT2D eigenvalue weighted by Gasteiger charge is -2.40. The molecule has 0 aliphatic carbocycles. The fourth-order valence-corrected chi connectivity index (χ4v) is 5.61. The third kappa shape index (κ3) is 7.00. The van der Waals surface area contributed by atoms with E-state index in [1.807, 2.05) is 0 Å². The Balaban J connectivity index is 0.00000160. The Morgan fingerprint density at radius 3 is 1.89 bits per heavy atom. The van der Waals surface area contributed by atoms with E-state index in [9.17, 15) is 0 Å². The molecule has 37 heavy (non-hydrogen) atoms. The summed E-state index contributed by atoms with van der Waals surface area (Å²) in [6.07, 6.45) is 0. The van der Waals surface area contributed by atoms with E-state index in [-0.39, 0.29) is 48.6 Å². The van der Waals surface area contributed by atoms with Gasteiger partial charge in [0.05, 0.1) is 22.5 Å². The second-order valence-corrected chi connectivity index (χ2v) is 9.71. The van der Waals surface area contributed by atoms with E-state index in [0.29, 0.717) is 0 Å². The molecule has 1 atom stereocenters. The Labute approximate surface area is 244 Å². The van der Waals surface area contributed by atoms with Gasteiger partial charge in [-0.1, -0.05) is 66.7 Å². The zero-order valence-electron chi connectivity index (χ0n) is 21.3. The van der Waals surface area contributed by atoms with Crippen molar-refractivity contribution < 1.29 is 0 Å². The highest BCUT2D eigenvalue weighted by Crippen LogP contribution is 2.31. The van der Waals surface area contributed by atoms with Crippen LogP contribution in [0, 0.1) is 6.92 Å². The molecule has 4 nitrogen and oxygen atoms in total. The average Bonchev–Trinajstić information content (AvgIpc) is 3.20. The number of alkyl halides is 1. The lowest BCUT2D eigenvalue weighted by atomic mass is 9.96. The van der Waals surface area contributed by atoms with Gasteiger partial charge in [-0.05, 0) is 42.7 Å². The maximum atomic E-state index is 6.92. The molecule has 1 aromatic heterocycles. The first-order valence-electron chi connectivity index (χ1n) is 12.3. The molecule has 2 heterocycles. The molecule has 0 radical (unpaired) electrons. The molecule has 3 aromatic carbocycles. The third-order valence-corrected chi connectivity index (χ3v) is 7.45. The van der Waals surface area contributed by atoms with E-state index >= 15 is 0 Å². The molecule has 1 saturated heterocycles. The van der Waals surface area contributed by atoms with Crippen LogP contribution in [0.2, 0.25) is 0 Å². The Kier molecular flexibility index (Phi) is 12.2. The molecule has 8 heteroatoms. The number of aromatic nitrogens is 2. The van der Waals surface area contributed by atoms with Gasteiger partial charge < -0.3 is 4.57 Å². The molecular formula is C29H36Cl4N4. The van der Waals surface area contributed by atoms with Gasteiger partial charge >= 0.3 is 0 Å². The monoisotopic (exact) mass is 580 g/mol. The minimum absolute atomic E-state index is 0. The van der Waals surface area contributed by atoms with Gasteiger partial charge in [0.1, 0.15) is 5.82 Å². The van der Waals surface area contributed by atoms with Crippen LogP contribution in [0.25, 0.3) is 11.0 Å². The molecule has 200 valence electrons. The summed E-state index contributed by atoms with van der Waals surface area (Å²) in [5.74, 6) is 1.06. The van der Waals surface area contributed by atoms with Crippen LogP contribution in [0.15, 0.2) is 78.9 Å². The van der Waals surface area contributed by atoms with Gasteiger partial charge in [0.25, 0.3) is 0 Å². The molecule has 4 aromatic rings. The predicted molar refractivity (Wildman–Crippen MR) is 163 cm³/mol. The number of piperazine rings is 1. The zero-order chi connectivity index (χ0) is 23.5. The highest BCUT2D eigenvalue weighted by molar-refractivity contribution is 6.21. The van der Waals surface area contributed by atoms with Crippen LogP contribution in [0.1, 0.15) is 40.9 Å². The number of benzene rings is 3. The van der Waals surface area contributed by atoms with Crippen molar-refractivity contribution in [3.63, 3.8) is 0 Å². The molecule has 5 rings (SSSR count). The molecule has 1 aliphatic rings. The first-order valence-corrected chi connectivity index (χ1v) is 12.7. The van der Waals surface area contributed by atoms with E-state index in [2.05, 4.69) is 107 Å². The Morgan fingerprint density at radius 1 is 0.784 bits per heavy atom. The first kappa shape index (κ1) is 31.4. The van der Waals surface area contributed by atoms with Gasteiger partial charge in [-0.3, -0.25) is 9.80 Å². The van der Waals surface area contributed by atoms with Crippen molar-refractivity contribution in [2.45, 2.75) is 31.8 Å². The highest BCUT2D eigenvalue weighted by atomic mass is 35.5. The number of aryl methyl sites for hydroxylation is 2. The van der Waals surface area contributed by atoms with Crippen LogP contribution in [0.3, 0.4) is 0 Å². The van der Waals surface area contributed by atoms with Crippen molar-refractivity contribution >= 4 is 59.9 Å². The molecule has 1 fully saturated rings. The SMILES string of the molecule is CCn1c(C)nc2cc(C(Cl)CN3CCN(C(c4ccccc4)c4ccccc4)CC3)ccc21.Cl.Cl.Cl. The normalized spacial score (nSPS) is 15.0. The van der Waals surface area contributed by atoms with Crippen molar-refractivity contribution in [3.05, 3.63) is 101 Å². The Bertz CT molecular complexity index is 1190. The second-order valence-electron chi connectivity index (χ2n) is 9.18. The molecule has 0 N–H and O–H groups in total. The van der Waals surface area contributed by atoms with Gasteiger partial charge in [0, 0.05) is 39.3 Å². The second kappa shape index (κ2) is 14.4. The van der Waals surface area contributed by atoms with Crippen LogP contribution in [-0.4, -0.2) is 52.1 Å². The average molecular weight is 582 g/mol. The quantitative estimate of drug-likeness (QED) is 0.214. The van der Waals surface area contributed by atoms with Crippen LogP contribution < -0.4 is 0 Å². The van der Waals surface area contributed by atoms with Crippen LogP contribution >= 0.6 is 48.8 Å². The molecule has 1 unspecified atom stereocenters. The minimum Gasteiger partial charge on any atom is -0.329 e. The van der Waals surface area contributed by atoms with Crippen molar-refractivity contribution in [2.24, 2.45) is 0 Å². The van der Waals surface area contributed by atoms with Crippen molar-refractivity contribution in [2.75, 3.05) is 32.7 Å². The number of rotatable bonds is 7. The van der Waals surface area contributed by atoms with Crippen LogP contribution in [0.4, 0.5) is 0 Å². The van der Waals surface area contributed by atoms with E-state index in [1.54, 1.807) is 0 Å². The van der Waals surface area contributed by atoms with Gasteiger partial charge in [0.15, 0.2) is 0 Å². The summed E-state index contributed by atoms with van der Waals surface area (Å²) in [7, 11) is 0. The minimum atomic E-state index is -0.0397. The van der Waals surface area contributed by atoms with E-state index < -0.39 is 0 Å². The van der Waals surface area contributed by atoms with Crippen molar-refractivity contribution in [1.29, 1.82) is 0 Å². The third-order valence-electron chi connectivity index (χ3n) is 7.06. The smallest absolute Gasteiger partial charge is 0.106 e. The number of fused-ring (bicyclic) bond motifs is 1. The van der Waals surface area contributed by atoms with Crippen LogP contribution in [-0.2, 0) is 6.54 Å². The van der Waals surface area contributed by atoms with Gasteiger partial charge in [-0.25, -0.2) is 4.98 Å². The summed E-state index contributed by atoms with van der Waals surface area (Å²) in [5, 5.41) is -0.0397. The standard InChI is InChI=1S/C29H33ClN4.3ClH/c1-3-34-22(2)31-27-20-25(14-15-28(27)34)26(30)21-32-16-18-33(19-17-32)29(23-10-6-4-7-11-23)24-12-8-5-9-13-24;;;/h4-15,20,26,29H,3,16-19,21H2,1-2H3;3*1H. The van der Waals surface area contributed by atoms with Crippen molar-refractivity contribution in [1.82, 2.24) is 19.4 Å². The van der Waals surface area contributed by atoms with Crippen molar-refractivity contribution in [3.8, 4) is 0 Å². The summed E-state index contributed by atoms with van der Waals surface area (Å²) in [4.78, 5) is 9.85. The van der Waals surface area contributed by atoms with Gasteiger partial charge in [0.2, 0.25) is 0 Å². The van der Waals surface area contributed by atoms with Crippen LogP contribution in [0.5, 0.6) is 0 Å². The Hall–Kier alpha value is -1.79. The van der Waals surface area contributed by atoms with Gasteiger partial charge in [-0.2, -0.15) is 0 Å². The van der Waals surface area contributed by atoms with E-state index in [1.165, 1.54) is 16.6 Å². The fraction of sp³-hybridized carbons (Fsp3) is 0.345. The summed E-state index contributed by atoms with van der Waals surface area (Å²) >= 11 is 6.92. The molecule has 0 amide bonds. The summed E-state index contributed by atoms with van der Waals surface area (Å²) in [5.41, 5.74) is 6.10. The number of nitrogens with zero attached hydrogens (tertiary/aromatic N) is 4. The molecule has 1 aliphatic heterocycles. The highest BCUT2D eigenvalue weighted by Gasteiger charge is 2.27. The predicted octanol–water partition coefficient (Wildman–Crippen LogP) is 7.32. The summed E-state index contributed by atoms with van der Waals surface area (Å²) in [6.45, 7) is 10.1. The maximum Gasteiger partial charge on any atom is 0.106 e. The van der Waals surface area contributed by atoms with E-state index in [0.717, 1.165) is 56.2 Å². The van der Waals surface area contributed by atoms with E-state index in [4.69, 9.17) is 16.6 Å². The lowest BCUT2D eigenvalue weighted by Crippen LogP contribution is -2.48. The van der Waals surface area contributed by atoms with Gasteiger partial charge in [-0.15, -0.1) is 48.8 Å².